The van der Waals surface area contributed by atoms with E-state index in [2.05, 4.69) is 20.4 Å². The second-order valence-electron chi connectivity index (χ2n) is 12.5. The summed E-state index contributed by atoms with van der Waals surface area (Å²) in [4.78, 5) is 21.7. The van der Waals surface area contributed by atoms with Crippen molar-refractivity contribution >= 4 is 17.7 Å². The molecule has 4 aromatic rings. The standard InChI is InChI=1S/C34H38F3N7O4/c1-3-16-47-24-7-4-22(5-8-24)23-6-9-25(27(17-23)44-13-10-21(2)42-44)30(34(35,36)37)48-29-18-28(40-32(38)41-29)43-14-11-33(12-15-43)19-26(31(45)46)39-20-33/h4-10,13,17-18,26,30,39H,3,11-12,14-16,19-20H2,1-2H3,(H,45,46)(H2,38,40,41). The Bertz CT molecular complexity index is 1750. The van der Waals surface area contributed by atoms with Gasteiger partial charge in [-0.3, -0.25) is 4.79 Å². The van der Waals surface area contributed by atoms with Gasteiger partial charge in [0.1, 0.15) is 17.6 Å². The van der Waals surface area contributed by atoms with Gasteiger partial charge in [0.05, 0.1) is 18.0 Å². The summed E-state index contributed by atoms with van der Waals surface area (Å²) in [6.07, 6.45) is -2.83. The van der Waals surface area contributed by atoms with Crippen LogP contribution < -0.4 is 25.4 Å². The van der Waals surface area contributed by atoms with E-state index in [1.54, 1.807) is 31.3 Å². The number of hydrogen-bond donors (Lipinski definition) is 3. The van der Waals surface area contributed by atoms with Gasteiger partial charge in [0, 0.05) is 37.5 Å². The van der Waals surface area contributed by atoms with Gasteiger partial charge < -0.3 is 30.5 Å². The van der Waals surface area contributed by atoms with Crippen LogP contribution in [0, 0.1) is 12.3 Å². The number of carbonyl (C=O) groups is 1. The van der Waals surface area contributed by atoms with Crippen LogP contribution in [0.15, 0.2) is 60.8 Å². The van der Waals surface area contributed by atoms with Gasteiger partial charge in [-0.1, -0.05) is 31.2 Å². The van der Waals surface area contributed by atoms with Crippen LogP contribution in [0.5, 0.6) is 11.6 Å². The van der Waals surface area contributed by atoms with E-state index in [4.69, 9.17) is 15.2 Å². The zero-order valence-corrected chi connectivity index (χ0v) is 26.7. The number of aryl methyl sites for hydroxylation is 1. The minimum absolute atomic E-state index is 0.155. The first-order chi connectivity index (χ1) is 22.9. The first-order valence-corrected chi connectivity index (χ1v) is 15.9. The van der Waals surface area contributed by atoms with Crippen molar-refractivity contribution in [2.24, 2.45) is 5.41 Å². The van der Waals surface area contributed by atoms with E-state index in [1.807, 2.05) is 36.1 Å². The molecule has 2 aromatic heterocycles. The lowest BCUT2D eigenvalue weighted by Gasteiger charge is -2.39. The summed E-state index contributed by atoms with van der Waals surface area (Å²) in [6.45, 7) is 6.02. The molecule has 2 aromatic carbocycles. The predicted molar refractivity (Wildman–Crippen MR) is 173 cm³/mol. The molecule has 4 N–H and O–H groups in total. The van der Waals surface area contributed by atoms with Crippen LogP contribution >= 0.6 is 0 Å². The van der Waals surface area contributed by atoms with Crippen molar-refractivity contribution in [3.05, 3.63) is 72.1 Å². The van der Waals surface area contributed by atoms with Gasteiger partial charge in [0.2, 0.25) is 17.9 Å². The number of nitrogens with two attached hydrogens (primary N) is 1. The Hall–Kier alpha value is -4.85. The van der Waals surface area contributed by atoms with Crippen molar-refractivity contribution in [2.45, 2.75) is 57.9 Å². The summed E-state index contributed by atoms with van der Waals surface area (Å²) in [5.41, 5.74) is 8.00. The van der Waals surface area contributed by atoms with Crippen LogP contribution in [0.2, 0.25) is 0 Å². The SMILES string of the molecule is CCCOc1ccc(-c2ccc(C(Oc3cc(N4CCC5(CC4)CNC(C(=O)O)C5)nc(N)n3)C(F)(F)F)c(-n3ccc(C)n3)c2)cc1. The van der Waals surface area contributed by atoms with Crippen molar-refractivity contribution in [2.75, 3.05) is 36.9 Å². The number of rotatable bonds is 10. The van der Waals surface area contributed by atoms with E-state index >= 15 is 0 Å². The molecule has 2 unspecified atom stereocenters. The van der Waals surface area contributed by atoms with Gasteiger partial charge in [-0.15, -0.1) is 0 Å². The van der Waals surface area contributed by atoms with Crippen molar-refractivity contribution in [1.82, 2.24) is 25.1 Å². The molecule has 4 heterocycles. The highest BCUT2D eigenvalue weighted by Crippen LogP contribution is 2.43. The first kappa shape index (κ1) is 33.1. The fraction of sp³-hybridized carbons (Fsp3) is 0.412. The zero-order chi connectivity index (χ0) is 34.1. The lowest BCUT2D eigenvalue weighted by Crippen LogP contribution is -2.41. The minimum Gasteiger partial charge on any atom is -0.494 e. The molecule has 2 atom stereocenters. The number of piperidine rings is 1. The van der Waals surface area contributed by atoms with Gasteiger partial charge in [-0.2, -0.15) is 28.2 Å². The third-order valence-electron chi connectivity index (χ3n) is 8.99. The smallest absolute Gasteiger partial charge is 0.429 e. The molecular weight excluding hydrogens is 627 g/mol. The second kappa shape index (κ2) is 13.3. The van der Waals surface area contributed by atoms with Crippen molar-refractivity contribution in [3.8, 4) is 28.4 Å². The average Bonchev–Trinajstić information content (AvgIpc) is 3.69. The number of aliphatic carboxylic acids is 1. The topological polar surface area (TPSA) is 141 Å². The summed E-state index contributed by atoms with van der Waals surface area (Å²) in [5.74, 6) is -0.352. The number of aromatic nitrogens is 4. The van der Waals surface area contributed by atoms with Crippen LogP contribution in [0.1, 0.15) is 50.0 Å². The molecule has 0 bridgehead atoms. The molecule has 14 heteroatoms. The van der Waals surface area contributed by atoms with Gasteiger partial charge >= 0.3 is 12.1 Å². The number of carboxylic acids is 1. The number of halogens is 3. The minimum atomic E-state index is -4.83. The fourth-order valence-corrected chi connectivity index (χ4v) is 6.42. The first-order valence-electron chi connectivity index (χ1n) is 15.9. The average molecular weight is 666 g/mol. The number of nitrogens with one attached hydrogen (secondary N) is 1. The Morgan fingerprint density at radius 2 is 1.83 bits per heavy atom. The second-order valence-corrected chi connectivity index (χ2v) is 12.5. The molecule has 254 valence electrons. The Balaban J connectivity index is 1.28. The Labute approximate surface area is 275 Å². The molecule has 0 aliphatic carbocycles. The third-order valence-corrected chi connectivity index (χ3v) is 8.99. The summed E-state index contributed by atoms with van der Waals surface area (Å²) in [7, 11) is 0. The van der Waals surface area contributed by atoms with E-state index in [1.165, 1.54) is 16.8 Å². The van der Waals surface area contributed by atoms with Gasteiger partial charge in [-0.05, 0) is 73.4 Å². The monoisotopic (exact) mass is 665 g/mol. The predicted octanol–water partition coefficient (Wildman–Crippen LogP) is 5.72. The van der Waals surface area contributed by atoms with Gasteiger partial charge in [-0.25, -0.2) is 4.68 Å². The summed E-state index contributed by atoms with van der Waals surface area (Å²) >= 11 is 0. The van der Waals surface area contributed by atoms with Gasteiger partial charge in [0.25, 0.3) is 0 Å². The number of ether oxygens (including phenoxy) is 2. The Morgan fingerprint density at radius 3 is 2.46 bits per heavy atom. The molecule has 0 saturated carbocycles. The third kappa shape index (κ3) is 7.18. The Kier molecular flexibility index (Phi) is 9.19. The van der Waals surface area contributed by atoms with Crippen molar-refractivity contribution in [3.63, 3.8) is 0 Å². The number of hydrogen-bond acceptors (Lipinski definition) is 9. The number of carboxylic acid groups (broad SMARTS) is 1. The number of anilines is 2. The normalized spacial score (nSPS) is 18.2. The van der Waals surface area contributed by atoms with Crippen LogP contribution in [-0.2, 0) is 4.79 Å². The van der Waals surface area contributed by atoms with Crippen molar-refractivity contribution < 1.29 is 32.5 Å². The number of benzene rings is 2. The summed E-state index contributed by atoms with van der Waals surface area (Å²) in [6, 6.07) is 14.5. The summed E-state index contributed by atoms with van der Waals surface area (Å²) < 4.78 is 57.4. The van der Waals surface area contributed by atoms with E-state index in [0.717, 1.165) is 12.0 Å². The Morgan fingerprint density at radius 1 is 1.10 bits per heavy atom. The fourth-order valence-electron chi connectivity index (χ4n) is 6.42. The molecule has 0 amide bonds. The highest BCUT2D eigenvalue weighted by Gasteiger charge is 2.46. The highest BCUT2D eigenvalue weighted by atomic mass is 19.4. The van der Waals surface area contributed by atoms with Crippen LogP contribution in [0.4, 0.5) is 24.9 Å². The number of nitrogens with zero attached hydrogens (tertiary/aromatic N) is 5. The zero-order valence-electron chi connectivity index (χ0n) is 26.7. The van der Waals surface area contributed by atoms with Crippen LogP contribution in [0.3, 0.4) is 0 Å². The molecule has 11 nitrogen and oxygen atoms in total. The number of alkyl halides is 3. The molecule has 6 rings (SSSR count). The molecule has 2 saturated heterocycles. The van der Waals surface area contributed by atoms with Crippen LogP contribution in [0.25, 0.3) is 16.8 Å². The largest absolute Gasteiger partial charge is 0.494 e. The molecule has 2 aliphatic rings. The highest BCUT2D eigenvalue weighted by molar-refractivity contribution is 5.74. The van der Waals surface area contributed by atoms with E-state index in [0.29, 0.717) is 68.3 Å². The lowest BCUT2D eigenvalue weighted by atomic mass is 9.76. The van der Waals surface area contributed by atoms with Crippen LogP contribution in [-0.4, -0.2) is 69.3 Å². The molecule has 0 radical (unpaired) electrons. The maximum Gasteiger partial charge on any atom is 0.429 e. The summed E-state index contributed by atoms with van der Waals surface area (Å²) in [5, 5.41) is 16.9. The van der Waals surface area contributed by atoms with E-state index in [9.17, 15) is 23.1 Å². The van der Waals surface area contributed by atoms with E-state index in [-0.39, 0.29) is 28.5 Å². The molecule has 2 aliphatic heterocycles. The van der Waals surface area contributed by atoms with E-state index < -0.39 is 24.3 Å². The quantitative estimate of drug-likeness (QED) is 0.193. The number of nitrogen functional groups attached to an aromatic ring is 1. The molecule has 1 spiro atoms. The maximum absolute atomic E-state index is 14.9. The van der Waals surface area contributed by atoms with Gasteiger partial charge in [0.15, 0.2) is 0 Å². The molecular formula is C34H38F3N7O4. The lowest BCUT2D eigenvalue weighted by molar-refractivity contribution is -0.198. The molecule has 2 fully saturated rings. The molecule has 48 heavy (non-hydrogen) atoms. The van der Waals surface area contributed by atoms with Crippen molar-refractivity contribution in [1.29, 1.82) is 0 Å². The maximum atomic E-state index is 14.9.